The molecule has 1 saturated carbocycles. The molecule has 3 amide bonds. The van der Waals surface area contributed by atoms with Crippen LogP contribution in [0.15, 0.2) is 24.3 Å². The van der Waals surface area contributed by atoms with Crippen molar-refractivity contribution < 1.29 is 14.4 Å². The Morgan fingerprint density at radius 3 is 2.43 bits per heavy atom. The minimum atomic E-state index is -0.120. The van der Waals surface area contributed by atoms with Crippen molar-refractivity contribution in [1.29, 1.82) is 0 Å². The van der Waals surface area contributed by atoms with E-state index in [0.29, 0.717) is 36.8 Å². The molecule has 1 saturated heterocycles. The van der Waals surface area contributed by atoms with Gasteiger partial charge in [-0.15, -0.1) is 0 Å². The maximum atomic E-state index is 12.9. The van der Waals surface area contributed by atoms with Crippen molar-refractivity contribution in [2.75, 3.05) is 18.4 Å². The molecular weight excluding hydrogens is 354 g/mol. The van der Waals surface area contributed by atoms with Gasteiger partial charge in [-0.25, -0.2) is 0 Å². The Kier molecular flexibility index (Phi) is 7.06. The number of piperidine rings is 1. The second-order valence-corrected chi connectivity index (χ2v) is 7.96. The van der Waals surface area contributed by atoms with Crippen molar-refractivity contribution in [3.8, 4) is 0 Å². The molecule has 2 aliphatic rings. The normalized spacial score (nSPS) is 20.0. The zero-order chi connectivity index (χ0) is 19.9. The molecule has 6 nitrogen and oxygen atoms in total. The number of nitrogens with zero attached hydrogens (tertiary/aromatic N) is 1. The third kappa shape index (κ3) is 5.33. The van der Waals surface area contributed by atoms with E-state index in [9.17, 15) is 14.4 Å². The molecule has 1 atom stereocenters. The van der Waals surface area contributed by atoms with Crippen LogP contribution in [0.4, 0.5) is 5.69 Å². The van der Waals surface area contributed by atoms with E-state index in [2.05, 4.69) is 10.6 Å². The van der Waals surface area contributed by atoms with E-state index in [4.69, 9.17) is 0 Å². The number of nitrogens with one attached hydrogen (secondary N) is 2. The number of carbonyl (C=O) groups excluding carboxylic acids is 3. The number of hydrogen-bond acceptors (Lipinski definition) is 3. The van der Waals surface area contributed by atoms with Gasteiger partial charge in [-0.3, -0.25) is 14.4 Å². The predicted molar refractivity (Wildman–Crippen MR) is 109 cm³/mol. The Labute approximate surface area is 167 Å². The van der Waals surface area contributed by atoms with E-state index < -0.39 is 0 Å². The fourth-order valence-electron chi connectivity index (χ4n) is 4.09. The lowest BCUT2D eigenvalue weighted by Crippen LogP contribution is -2.47. The highest BCUT2D eigenvalue weighted by Crippen LogP contribution is 2.22. The Hall–Kier alpha value is -2.37. The molecule has 6 heteroatoms. The van der Waals surface area contributed by atoms with Gasteiger partial charge in [-0.2, -0.15) is 0 Å². The van der Waals surface area contributed by atoms with Crippen LogP contribution < -0.4 is 10.6 Å². The second-order valence-electron chi connectivity index (χ2n) is 7.96. The standard InChI is InChI=1S/C22H31N3O3/c1-2-6-20(26)23-19-12-10-16(11-13-19)22(28)25-14-5-7-17(15-25)21(27)24-18-8-3-4-9-18/h10-13,17-18H,2-9,14-15H2,1H3,(H,23,26)(H,24,27). The molecule has 0 radical (unpaired) electrons. The molecule has 2 N–H and O–H groups in total. The van der Waals surface area contributed by atoms with E-state index in [1.165, 1.54) is 12.8 Å². The summed E-state index contributed by atoms with van der Waals surface area (Å²) in [6.45, 7) is 3.12. The molecule has 1 unspecified atom stereocenters. The molecule has 28 heavy (non-hydrogen) atoms. The summed E-state index contributed by atoms with van der Waals surface area (Å²) in [5.74, 6) is -0.0946. The molecule has 0 spiro atoms. The smallest absolute Gasteiger partial charge is 0.253 e. The molecular formula is C22H31N3O3. The van der Waals surface area contributed by atoms with Gasteiger partial charge in [0.05, 0.1) is 5.92 Å². The third-order valence-electron chi connectivity index (χ3n) is 5.67. The number of anilines is 1. The second kappa shape index (κ2) is 9.71. The van der Waals surface area contributed by atoms with Crippen LogP contribution in [0.1, 0.15) is 68.6 Å². The van der Waals surface area contributed by atoms with E-state index >= 15 is 0 Å². The maximum absolute atomic E-state index is 12.9. The summed E-state index contributed by atoms with van der Waals surface area (Å²) >= 11 is 0. The summed E-state index contributed by atoms with van der Waals surface area (Å²) in [5, 5.41) is 5.99. The fraction of sp³-hybridized carbons (Fsp3) is 0.591. The third-order valence-corrected chi connectivity index (χ3v) is 5.67. The van der Waals surface area contributed by atoms with Gasteiger partial charge in [0.1, 0.15) is 0 Å². The Balaban J connectivity index is 1.55. The summed E-state index contributed by atoms with van der Waals surface area (Å²) < 4.78 is 0. The fourth-order valence-corrected chi connectivity index (χ4v) is 4.09. The highest BCUT2D eigenvalue weighted by atomic mass is 16.2. The zero-order valence-corrected chi connectivity index (χ0v) is 16.7. The summed E-state index contributed by atoms with van der Waals surface area (Å²) in [6.07, 6.45) is 7.49. The largest absolute Gasteiger partial charge is 0.353 e. The van der Waals surface area contributed by atoms with Gasteiger partial charge >= 0.3 is 0 Å². The van der Waals surface area contributed by atoms with Crippen molar-refractivity contribution in [3.63, 3.8) is 0 Å². The molecule has 0 bridgehead atoms. The van der Waals surface area contributed by atoms with Crippen LogP contribution in [0.5, 0.6) is 0 Å². The van der Waals surface area contributed by atoms with Crippen LogP contribution in [0.3, 0.4) is 0 Å². The lowest BCUT2D eigenvalue weighted by Gasteiger charge is -2.32. The van der Waals surface area contributed by atoms with Gasteiger partial charge < -0.3 is 15.5 Å². The maximum Gasteiger partial charge on any atom is 0.253 e. The monoisotopic (exact) mass is 385 g/mol. The Bertz CT molecular complexity index is 695. The van der Waals surface area contributed by atoms with Crippen molar-refractivity contribution in [2.24, 2.45) is 5.92 Å². The molecule has 1 aliphatic heterocycles. The van der Waals surface area contributed by atoms with Gasteiger partial charge in [-0.1, -0.05) is 19.8 Å². The molecule has 0 aromatic heterocycles. The molecule has 1 aliphatic carbocycles. The first-order valence-corrected chi connectivity index (χ1v) is 10.6. The van der Waals surface area contributed by atoms with Crippen LogP contribution in [-0.4, -0.2) is 41.8 Å². The Morgan fingerprint density at radius 2 is 1.75 bits per heavy atom. The average molecular weight is 386 g/mol. The molecule has 152 valence electrons. The summed E-state index contributed by atoms with van der Waals surface area (Å²) in [6, 6.07) is 7.32. The zero-order valence-electron chi connectivity index (χ0n) is 16.7. The van der Waals surface area contributed by atoms with E-state index in [1.54, 1.807) is 29.2 Å². The summed E-state index contributed by atoms with van der Waals surface area (Å²) in [7, 11) is 0. The molecule has 2 fully saturated rings. The van der Waals surface area contributed by atoms with Crippen LogP contribution in [-0.2, 0) is 9.59 Å². The van der Waals surface area contributed by atoms with Crippen LogP contribution in [0.2, 0.25) is 0 Å². The van der Waals surface area contributed by atoms with Crippen molar-refractivity contribution in [2.45, 2.75) is 64.3 Å². The first-order valence-electron chi connectivity index (χ1n) is 10.6. The minimum absolute atomic E-state index is 0.0197. The molecule has 1 aromatic carbocycles. The number of carbonyl (C=O) groups is 3. The van der Waals surface area contributed by atoms with Crippen molar-refractivity contribution in [3.05, 3.63) is 29.8 Å². The van der Waals surface area contributed by atoms with Gasteiger partial charge in [0.25, 0.3) is 5.91 Å². The topological polar surface area (TPSA) is 78.5 Å². The van der Waals surface area contributed by atoms with Crippen LogP contribution >= 0.6 is 0 Å². The van der Waals surface area contributed by atoms with Crippen molar-refractivity contribution >= 4 is 23.4 Å². The van der Waals surface area contributed by atoms with Crippen LogP contribution in [0.25, 0.3) is 0 Å². The Morgan fingerprint density at radius 1 is 1.04 bits per heavy atom. The molecule has 1 aromatic rings. The molecule has 3 rings (SSSR count). The van der Waals surface area contributed by atoms with Gasteiger partial charge in [0.15, 0.2) is 0 Å². The quantitative estimate of drug-likeness (QED) is 0.788. The van der Waals surface area contributed by atoms with E-state index in [1.807, 2.05) is 6.92 Å². The first kappa shape index (κ1) is 20.4. The summed E-state index contributed by atoms with van der Waals surface area (Å²) in [4.78, 5) is 38.9. The summed E-state index contributed by atoms with van der Waals surface area (Å²) in [5.41, 5.74) is 1.29. The highest BCUT2D eigenvalue weighted by Gasteiger charge is 2.30. The van der Waals surface area contributed by atoms with Gasteiger partial charge in [-0.05, 0) is 56.4 Å². The average Bonchev–Trinajstić information content (AvgIpc) is 3.21. The number of amides is 3. The SMILES string of the molecule is CCCC(=O)Nc1ccc(C(=O)N2CCCC(C(=O)NC3CCCC3)C2)cc1. The lowest BCUT2D eigenvalue weighted by molar-refractivity contribution is -0.127. The van der Waals surface area contributed by atoms with Gasteiger partial charge in [0, 0.05) is 36.8 Å². The highest BCUT2D eigenvalue weighted by molar-refractivity contribution is 5.96. The van der Waals surface area contributed by atoms with Gasteiger partial charge in [0.2, 0.25) is 11.8 Å². The number of benzene rings is 1. The number of rotatable bonds is 6. The minimum Gasteiger partial charge on any atom is -0.353 e. The lowest BCUT2D eigenvalue weighted by atomic mass is 9.96. The number of hydrogen-bond donors (Lipinski definition) is 2. The molecule has 1 heterocycles. The number of likely N-dealkylation sites (tertiary alicyclic amines) is 1. The van der Waals surface area contributed by atoms with Crippen molar-refractivity contribution in [1.82, 2.24) is 10.2 Å². The van der Waals surface area contributed by atoms with Crippen LogP contribution in [0, 0.1) is 5.92 Å². The predicted octanol–water partition coefficient (Wildman–Crippen LogP) is 3.34. The first-order chi connectivity index (χ1) is 13.6. The van der Waals surface area contributed by atoms with E-state index in [0.717, 1.165) is 32.1 Å². The van der Waals surface area contributed by atoms with E-state index in [-0.39, 0.29) is 23.6 Å².